The Kier molecular flexibility index (Phi) is 5.48. The van der Waals surface area contributed by atoms with E-state index in [1.54, 1.807) is 0 Å². The van der Waals surface area contributed by atoms with Gasteiger partial charge in [0.05, 0.1) is 38.7 Å². The summed E-state index contributed by atoms with van der Waals surface area (Å²) in [7, 11) is -4.36. The van der Waals surface area contributed by atoms with Crippen molar-refractivity contribution in [1.82, 2.24) is 9.21 Å². The van der Waals surface area contributed by atoms with Crippen LogP contribution in [0, 0.1) is 21.4 Å². The highest BCUT2D eigenvalue weighted by molar-refractivity contribution is 7.89. The summed E-state index contributed by atoms with van der Waals surface area (Å²) < 4.78 is 68.0. The molecule has 0 saturated carbocycles. The standard InChI is InChI=1S/C21H13ClF3N5O6S/c22-15-4-3-13(7-16(15)30(33)34)37(35,36)27-9-12-6-17(27)18-19(31)29(20(32)28(12)18)11-2-1-10(8-26)14(5-11)21(23,24)25/h1-5,7,12,17-18H,6,9H2/t12-,17-,18+/m0/s1. The first kappa shape index (κ1) is 24.9. The summed E-state index contributed by atoms with van der Waals surface area (Å²) in [5.74, 6) is -0.919. The number of hydrogen-bond acceptors (Lipinski definition) is 7. The number of anilines is 1. The molecule has 5 rings (SSSR count). The molecule has 16 heteroatoms. The maximum atomic E-state index is 13.4. The first-order chi connectivity index (χ1) is 17.3. The molecule has 3 amide bonds. The summed E-state index contributed by atoms with van der Waals surface area (Å²) in [5, 5.41) is 19.9. The molecule has 3 heterocycles. The minimum Gasteiger partial charge on any atom is -0.306 e. The van der Waals surface area contributed by atoms with Crippen LogP contribution in [0.2, 0.25) is 5.02 Å². The molecule has 0 radical (unpaired) electrons. The number of halogens is 4. The molecular formula is C21H13ClF3N5O6S. The smallest absolute Gasteiger partial charge is 0.306 e. The number of urea groups is 1. The molecule has 0 N–H and O–H groups in total. The van der Waals surface area contributed by atoms with E-state index in [0.29, 0.717) is 11.0 Å². The Balaban J connectivity index is 1.49. The predicted octanol–water partition coefficient (Wildman–Crippen LogP) is 3.12. The Labute approximate surface area is 211 Å². The average molecular weight is 556 g/mol. The zero-order valence-electron chi connectivity index (χ0n) is 18.2. The topological polar surface area (TPSA) is 145 Å². The fourth-order valence-corrected chi connectivity index (χ4v) is 6.94. The van der Waals surface area contributed by atoms with Crippen LogP contribution in [0.25, 0.3) is 0 Å². The van der Waals surface area contributed by atoms with E-state index in [2.05, 4.69) is 0 Å². The number of piperazine rings is 1. The number of fused-ring (bicyclic) bond motifs is 5. The van der Waals surface area contributed by atoms with Crippen LogP contribution in [0.1, 0.15) is 17.5 Å². The Hall–Kier alpha value is -3.74. The monoisotopic (exact) mass is 555 g/mol. The van der Waals surface area contributed by atoms with Gasteiger partial charge in [-0.3, -0.25) is 14.9 Å². The molecule has 0 unspecified atom stereocenters. The zero-order chi connectivity index (χ0) is 27.0. The summed E-state index contributed by atoms with van der Waals surface area (Å²) in [6.45, 7) is -0.214. The van der Waals surface area contributed by atoms with Crippen LogP contribution in [0.5, 0.6) is 0 Å². The normalized spacial score (nSPS) is 23.5. The van der Waals surface area contributed by atoms with Crippen LogP contribution < -0.4 is 4.90 Å². The molecule has 192 valence electrons. The molecule has 2 bridgehead atoms. The van der Waals surface area contributed by atoms with Crippen LogP contribution in [0.3, 0.4) is 0 Å². The van der Waals surface area contributed by atoms with E-state index >= 15 is 0 Å². The van der Waals surface area contributed by atoms with Gasteiger partial charge in [0.1, 0.15) is 11.1 Å². The Morgan fingerprint density at radius 3 is 2.49 bits per heavy atom. The fraction of sp³-hybridized carbons (Fsp3) is 0.286. The first-order valence-corrected chi connectivity index (χ1v) is 12.3. The van der Waals surface area contributed by atoms with Crippen molar-refractivity contribution in [2.45, 2.75) is 35.6 Å². The Morgan fingerprint density at radius 2 is 1.86 bits per heavy atom. The second-order valence-corrected chi connectivity index (χ2v) is 10.8. The third kappa shape index (κ3) is 3.63. The molecule has 37 heavy (non-hydrogen) atoms. The molecule has 3 fully saturated rings. The quantitative estimate of drug-likeness (QED) is 0.320. The van der Waals surface area contributed by atoms with Crippen molar-refractivity contribution in [3.63, 3.8) is 0 Å². The van der Waals surface area contributed by atoms with Crippen molar-refractivity contribution in [3.8, 4) is 6.07 Å². The number of carbonyl (C=O) groups is 2. The van der Waals surface area contributed by atoms with Gasteiger partial charge in [-0.25, -0.2) is 18.1 Å². The SMILES string of the molecule is N#Cc1ccc(N2C(=O)[C@H]3[C@@H]4C[C@@H](CN4S(=O)(=O)c4ccc(Cl)c([N+](=O)[O-])c4)N3C2=O)cc1C(F)(F)F. The minimum atomic E-state index is -4.92. The highest BCUT2D eigenvalue weighted by atomic mass is 35.5. The summed E-state index contributed by atoms with van der Waals surface area (Å²) in [5.41, 5.74) is -3.05. The largest absolute Gasteiger partial charge is 0.417 e. The predicted molar refractivity (Wildman–Crippen MR) is 119 cm³/mol. The second-order valence-electron chi connectivity index (χ2n) is 8.55. The highest BCUT2D eigenvalue weighted by Crippen LogP contribution is 2.45. The van der Waals surface area contributed by atoms with Crippen LogP contribution in [-0.2, 0) is 21.0 Å². The van der Waals surface area contributed by atoms with Gasteiger partial charge >= 0.3 is 12.2 Å². The summed E-state index contributed by atoms with van der Waals surface area (Å²) in [6, 6.07) is 2.79. The van der Waals surface area contributed by atoms with E-state index in [9.17, 15) is 41.3 Å². The van der Waals surface area contributed by atoms with Crippen LogP contribution in [-0.4, -0.2) is 59.2 Å². The van der Waals surface area contributed by atoms with Gasteiger partial charge in [-0.1, -0.05) is 11.6 Å². The van der Waals surface area contributed by atoms with Crippen molar-refractivity contribution >= 4 is 44.9 Å². The number of alkyl halides is 3. The summed E-state index contributed by atoms with van der Waals surface area (Å²) in [4.78, 5) is 38.0. The molecule has 2 aromatic carbocycles. The molecule has 3 saturated heterocycles. The summed E-state index contributed by atoms with van der Waals surface area (Å²) in [6.07, 6.45) is -4.82. The van der Waals surface area contributed by atoms with Crippen molar-refractivity contribution in [2.75, 3.05) is 11.4 Å². The van der Waals surface area contributed by atoms with Crippen LogP contribution in [0.4, 0.5) is 29.3 Å². The molecule has 0 spiro atoms. The number of imide groups is 1. The number of amides is 3. The maximum absolute atomic E-state index is 13.4. The lowest BCUT2D eigenvalue weighted by Gasteiger charge is -2.34. The molecular weight excluding hydrogens is 543 g/mol. The molecule has 3 aliphatic heterocycles. The van der Waals surface area contributed by atoms with Gasteiger partial charge in [0.25, 0.3) is 11.6 Å². The van der Waals surface area contributed by atoms with Crippen molar-refractivity contribution in [1.29, 1.82) is 5.26 Å². The van der Waals surface area contributed by atoms with Crippen molar-refractivity contribution in [2.24, 2.45) is 0 Å². The van der Waals surface area contributed by atoms with Gasteiger partial charge in [0.2, 0.25) is 10.0 Å². The average Bonchev–Trinajstić information content (AvgIpc) is 3.49. The van der Waals surface area contributed by atoms with Crippen LogP contribution in [0.15, 0.2) is 41.3 Å². The number of benzene rings is 2. The molecule has 11 nitrogen and oxygen atoms in total. The number of rotatable bonds is 4. The van der Waals surface area contributed by atoms with E-state index in [-0.39, 0.29) is 18.0 Å². The lowest BCUT2D eigenvalue weighted by molar-refractivity contribution is -0.384. The number of nitro benzene ring substituents is 1. The van der Waals surface area contributed by atoms with Gasteiger partial charge in [0, 0.05) is 18.7 Å². The number of sulfonamides is 1. The number of nitriles is 1. The first-order valence-electron chi connectivity index (χ1n) is 10.5. The second kappa shape index (κ2) is 8.13. The van der Waals surface area contributed by atoms with Gasteiger partial charge in [-0.05, 0) is 36.8 Å². The minimum absolute atomic E-state index is 0.103. The highest BCUT2D eigenvalue weighted by Gasteiger charge is 2.64. The number of nitro groups is 1. The maximum Gasteiger partial charge on any atom is 0.417 e. The van der Waals surface area contributed by atoms with E-state index in [4.69, 9.17) is 16.9 Å². The third-order valence-corrected chi connectivity index (χ3v) is 8.83. The lowest BCUT2D eigenvalue weighted by atomic mass is 10.1. The van der Waals surface area contributed by atoms with Gasteiger partial charge in [0.15, 0.2) is 0 Å². The van der Waals surface area contributed by atoms with Crippen LogP contribution >= 0.6 is 11.6 Å². The fourth-order valence-electron chi connectivity index (χ4n) is 5.06. The molecule has 2 aromatic rings. The van der Waals surface area contributed by atoms with Crippen molar-refractivity contribution in [3.05, 3.63) is 62.7 Å². The molecule has 3 aliphatic rings. The van der Waals surface area contributed by atoms with Gasteiger partial charge < -0.3 is 4.90 Å². The van der Waals surface area contributed by atoms with Gasteiger partial charge in [-0.2, -0.15) is 22.7 Å². The summed E-state index contributed by atoms with van der Waals surface area (Å²) >= 11 is 5.77. The molecule has 0 aliphatic carbocycles. The zero-order valence-corrected chi connectivity index (χ0v) is 19.8. The number of hydrogen-bond donors (Lipinski definition) is 0. The van der Waals surface area contributed by atoms with E-state index < -0.39 is 78.6 Å². The third-order valence-electron chi connectivity index (χ3n) is 6.63. The number of carbonyl (C=O) groups excluding carboxylic acids is 2. The molecule has 0 aromatic heterocycles. The number of nitrogens with zero attached hydrogens (tertiary/aromatic N) is 5. The van der Waals surface area contributed by atoms with Gasteiger partial charge in [-0.15, -0.1) is 0 Å². The Bertz CT molecular complexity index is 1540. The van der Waals surface area contributed by atoms with E-state index in [1.165, 1.54) is 6.07 Å². The van der Waals surface area contributed by atoms with E-state index in [1.807, 2.05) is 0 Å². The van der Waals surface area contributed by atoms with Crippen molar-refractivity contribution < 1.29 is 36.1 Å². The van der Waals surface area contributed by atoms with E-state index in [0.717, 1.165) is 39.5 Å². The Morgan fingerprint density at radius 1 is 1.16 bits per heavy atom. The lowest BCUT2D eigenvalue weighted by Crippen LogP contribution is -2.54. The molecule has 3 atom stereocenters.